The van der Waals surface area contributed by atoms with Gasteiger partial charge in [0.1, 0.15) is 0 Å². The lowest BCUT2D eigenvalue weighted by Crippen LogP contribution is -2.14. The molecule has 1 N–H and O–H groups in total. The number of hydrogen-bond acceptors (Lipinski definition) is 4. The molecule has 0 aliphatic rings. The molecule has 168 valence electrons. The van der Waals surface area contributed by atoms with Crippen LogP contribution in [0.2, 0.25) is 5.02 Å². The maximum absolute atomic E-state index is 12.9. The summed E-state index contributed by atoms with van der Waals surface area (Å²) in [5, 5.41) is 3.40. The molecule has 0 unspecified atom stereocenters. The number of carbonyl (C=O) groups is 1. The van der Waals surface area contributed by atoms with Crippen LogP contribution in [0.5, 0.6) is 0 Å². The molecule has 3 aromatic rings. The first-order chi connectivity index (χ1) is 15.1. The average Bonchev–Trinajstić information content (AvgIpc) is 2.76. The maximum atomic E-state index is 12.9. The topological polar surface area (TPSA) is 63.2 Å². The van der Waals surface area contributed by atoms with Gasteiger partial charge in [-0.25, -0.2) is 8.42 Å². The Kier molecular flexibility index (Phi) is 9.33. The van der Waals surface area contributed by atoms with E-state index < -0.39 is 9.84 Å². The van der Waals surface area contributed by atoms with Gasteiger partial charge in [0, 0.05) is 33.6 Å². The molecule has 0 radical (unpaired) electrons. The van der Waals surface area contributed by atoms with E-state index in [1.54, 1.807) is 24.3 Å². The van der Waals surface area contributed by atoms with Crippen LogP contribution in [0.25, 0.3) is 0 Å². The highest BCUT2D eigenvalue weighted by Crippen LogP contribution is 2.39. The van der Waals surface area contributed by atoms with Gasteiger partial charge in [-0.05, 0) is 106 Å². The van der Waals surface area contributed by atoms with Crippen LogP contribution in [-0.4, -0.2) is 25.8 Å². The number of thioether (sulfide) groups is 1. The fourth-order valence-corrected chi connectivity index (χ4v) is 7.63. The van der Waals surface area contributed by atoms with Gasteiger partial charge < -0.3 is 5.32 Å². The summed E-state index contributed by atoms with van der Waals surface area (Å²) in [6.45, 7) is 0. The number of halogens is 5. The van der Waals surface area contributed by atoms with Gasteiger partial charge in [0.15, 0.2) is 9.84 Å². The summed E-state index contributed by atoms with van der Waals surface area (Å²) in [4.78, 5) is 13.9. The molecule has 0 saturated carbocycles. The number of amides is 1. The molecule has 0 aliphatic carbocycles. The number of hydrogen-bond donors (Lipinski definition) is 1. The summed E-state index contributed by atoms with van der Waals surface area (Å²) in [5.41, 5.74) is 1.05. The lowest BCUT2D eigenvalue weighted by atomic mass is 10.2. The summed E-state index contributed by atoms with van der Waals surface area (Å²) >= 11 is 21.0. The van der Waals surface area contributed by atoms with Crippen LogP contribution in [0.1, 0.15) is 10.4 Å². The third kappa shape index (κ3) is 6.40. The number of nitrogens with one attached hydrogen (secondary N) is 1. The molecule has 1 amide bonds. The van der Waals surface area contributed by atoms with Crippen molar-refractivity contribution in [2.75, 3.05) is 16.8 Å². The van der Waals surface area contributed by atoms with E-state index in [-0.39, 0.29) is 16.6 Å². The number of rotatable bonds is 7. The summed E-state index contributed by atoms with van der Waals surface area (Å²) in [6.07, 6.45) is 0. The Hall–Kier alpha value is -0.360. The molecule has 0 atom stereocenters. The van der Waals surface area contributed by atoms with Crippen molar-refractivity contribution in [1.29, 1.82) is 0 Å². The lowest BCUT2D eigenvalue weighted by molar-refractivity contribution is 0.102. The Morgan fingerprint density at radius 1 is 0.938 bits per heavy atom. The van der Waals surface area contributed by atoms with Crippen molar-refractivity contribution in [1.82, 2.24) is 0 Å². The second-order valence-corrected chi connectivity index (χ2v) is 13.3. The average molecular weight is 748 g/mol. The monoisotopic (exact) mass is 743 g/mol. The summed E-state index contributed by atoms with van der Waals surface area (Å²) in [7, 11) is -3.43. The molecule has 4 nitrogen and oxygen atoms in total. The smallest absolute Gasteiger partial charge is 0.256 e. The number of sulfone groups is 1. The molecular formula is C21H14Br4ClNO3S2. The molecule has 0 spiro atoms. The Labute approximate surface area is 229 Å². The van der Waals surface area contributed by atoms with Crippen molar-refractivity contribution in [3.05, 3.63) is 83.1 Å². The van der Waals surface area contributed by atoms with Gasteiger partial charge >= 0.3 is 0 Å². The van der Waals surface area contributed by atoms with Gasteiger partial charge in [-0.3, -0.25) is 4.79 Å². The standard InChI is InChI=1S/C21H14Br4ClNO3S2/c22-15-11-14(18(23)20(25)19(15)24)21(28)27-16-3-1-2-4-17(16)31-9-10-32(29,30)13-7-5-12(26)6-8-13/h1-8,11H,9-10H2,(H,27,28). The molecular weight excluding hydrogens is 733 g/mol. The third-order valence-corrected chi connectivity index (χ3v) is 12.2. The van der Waals surface area contributed by atoms with Crippen molar-refractivity contribution in [2.24, 2.45) is 0 Å². The summed E-state index contributed by atoms with van der Waals surface area (Å²) < 4.78 is 28.0. The zero-order chi connectivity index (χ0) is 23.5. The molecule has 0 bridgehead atoms. The van der Waals surface area contributed by atoms with Gasteiger partial charge in [-0.15, -0.1) is 11.8 Å². The fraction of sp³-hybridized carbons (Fsp3) is 0.0952. The van der Waals surface area contributed by atoms with Crippen molar-refractivity contribution in [3.63, 3.8) is 0 Å². The first-order valence-corrected chi connectivity index (χ1v) is 15.1. The minimum atomic E-state index is -3.43. The molecule has 0 fully saturated rings. The molecule has 32 heavy (non-hydrogen) atoms. The van der Waals surface area contributed by atoms with Crippen LogP contribution >= 0.6 is 87.1 Å². The summed E-state index contributed by atoms with van der Waals surface area (Å²) in [5.74, 6) is -0.0102. The predicted molar refractivity (Wildman–Crippen MR) is 146 cm³/mol. The third-order valence-electron chi connectivity index (χ3n) is 4.26. The fourth-order valence-electron chi connectivity index (χ4n) is 2.64. The largest absolute Gasteiger partial charge is 0.321 e. The van der Waals surface area contributed by atoms with E-state index in [0.29, 0.717) is 31.0 Å². The Bertz CT molecular complexity index is 1270. The predicted octanol–water partition coefficient (Wildman–Crippen LogP) is 8.21. The highest BCUT2D eigenvalue weighted by Gasteiger charge is 2.19. The van der Waals surface area contributed by atoms with E-state index in [1.807, 2.05) is 18.2 Å². The van der Waals surface area contributed by atoms with Gasteiger partial charge in [-0.1, -0.05) is 23.7 Å². The van der Waals surface area contributed by atoms with Crippen LogP contribution < -0.4 is 5.32 Å². The molecule has 0 aromatic heterocycles. The number of para-hydroxylation sites is 1. The lowest BCUT2D eigenvalue weighted by Gasteiger charge is -2.13. The van der Waals surface area contributed by atoms with E-state index in [9.17, 15) is 13.2 Å². The minimum Gasteiger partial charge on any atom is -0.321 e. The SMILES string of the molecule is O=C(Nc1ccccc1SCCS(=O)(=O)c1ccc(Cl)cc1)c1cc(Br)c(Br)c(Br)c1Br. The number of carbonyl (C=O) groups excluding carboxylic acids is 1. The first-order valence-electron chi connectivity index (χ1n) is 8.94. The van der Waals surface area contributed by atoms with Crippen LogP contribution in [0, 0.1) is 0 Å². The normalized spacial score (nSPS) is 11.4. The number of anilines is 1. The van der Waals surface area contributed by atoms with Crippen LogP contribution in [0.4, 0.5) is 5.69 Å². The van der Waals surface area contributed by atoms with Crippen molar-refractivity contribution in [3.8, 4) is 0 Å². The van der Waals surface area contributed by atoms with Gasteiger partial charge in [0.25, 0.3) is 5.91 Å². The number of benzene rings is 3. The van der Waals surface area contributed by atoms with Crippen molar-refractivity contribution >= 4 is 109 Å². The second kappa shape index (κ2) is 11.4. The van der Waals surface area contributed by atoms with E-state index in [4.69, 9.17) is 11.6 Å². The zero-order valence-electron chi connectivity index (χ0n) is 16.0. The van der Waals surface area contributed by atoms with Crippen molar-refractivity contribution in [2.45, 2.75) is 9.79 Å². The van der Waals surface area contributed by atoms with E-state index in [0.717, 1.165) is 13.8 Å². The van der Waals surface area contributed by atoms with Crippen LogP contribution in [-0.2, 0) is 9.84 Å². The zero-order valence-corrected chi connectivity index (χ0v) is 24.8. The molecule has 0 aliphatic heterocycles. The van der Waals surface area contributed by atoms with Crippen LogP contribution in [0.3, 0.4) is 0 Å². The second-order valence-electron chi connectivity index (χ2n) is 6.42. The minimum absolute atomic E-state index is 0.0419. The van der Waals surface area contributed by atoms with Crippen LogP contribution in [0.15, 0.2) is 82.3 Å². The quantitative estimate of drug-likeness (QED) is 0.151. The van der Waals surface area contributed by atoms with E-state index in [1.165, 1.54) is 23.9 Å². The highest BCUT2D eigenvalue weighted by molar-refractivity contribution is 9.15. The Morgan fingerprint density at radius 2 is 1.59 bits per heavy atom. The van der Waals surface area contributed by atoms with Gasteiger partial charge in [0.2, 0.25) is 0 Å². The van der Waals surface area contributed by atoms with E-state index >= 15 is 0 Å². The summed E-state index contributed by atoms with van der Waals surface area (Å²) in [6, 6.07) is 15.1. The molecule has 11 heteroatoms. The first kappa shape index (κ1) is 26.2. The molecule has 3 aromatic carbocycles. The highest BCUT2D eigenvalue weighted by atomic mass is 79.9. The van der Waals surface area contributed by atoms with Crippen molar-refractivity contribution < 1.29 is 13.2 Å². The van der Waals surface area contributed by atoms with Gasteiger partial charge in [-0.2, -0.15) is 0 Å². The molecule has 3 rings (SSSR count). The Balaban J connectivity index is 1.73. The maximum Gasteiger partial charge on any atom is 0.256 e. The van der Waals surface area contributed by atoms with E-state index in [2.05, 4.69) is 69.0 Å². The Morgan fingerprint density at radius 3 is 2.28 bits per heavy atom. The molecule has 0 heterocycles. The van der Waals surface area contributed by atoms with Gasteiger partial charge in [0.05, 0.1) is 21.9 Å². The molecule has 0 saturated heterocycles.